The molecule has 1 aromatic heterocycles. The molecule has 1 aromatic rings. The van der Waals surface area contributed by atoms with Crippen molar-refractivity contribution in [2.45, 2.75) is 45.2 Å². The first-order valence-electron chi connectivity index (χ1n) is 7.18. The number of furan rings is 1. The molecule has 1 heterocycles. The van der Waals surface area contributed by atoms with Crippen LogP contribution >= 0.6 is 0 Å². The lowest BCUT2D eigenvalue weighted by Gasteiger charge is -2.26. The third-order valence-electron chi connectivity index (χ3n) is 3.91. The molecule has 0 radical (unpaired) electrons. The number of rotatable bonds is 6. The molecule has 0 spiro atoms. The monoisotopic (exact) mass is 250 g/mol. The van der Waals surface area contributed by atoms with Crippen molar-refractivity contribution in [2.24, 2.45) is 5.92 Å². The predicted octanol–water partition coefficient (Wildman–Crippen LogP) is 3.01. The molecule has 0 atom stereocenters. The van der Waals surface area contributed by atoms with Gasteiger partial charge in [0.1, 0.15) is 5.76 Å². The lowest BCUT2D eigenvalue weighted by Crippen LogP contribution is -2.27. The molecule has 1 fully saturated rings. The van der Waals surface area contributed by atoms with E-state index in [0.717, 1.165) is 24.8 Å². The summed E-state index contributed by atoms with van der Waals surface area (Å²) in [5.74, 6) is 1.98. The van der Waals surface area contributed by atoms with E-state index in [2.05, 4.69) is 23.3 Å². The summed E-state index contributed by atoms with van der Waals surface area (Å²) in [6.45, 7) is 3.05. The second-order valence-electron chi connectivity index (χ2n) is 5.60. The Balaban J connectivity index is 1.82. The van der Waals surface area contributed by atoms with Gasteiger partial charge in [-0.05, 0) is 38.9 Å². The van der Waals surface area contributed by atoms with Gasteiger partial charge in [0.05, 0.1) is 12.8 Å². The topological polar surface area (TPSA) is 28.4 Å². The quantitative estimate of drug-likeness (QED) is 0.841. The maximum atomic E-state index is 5.51. The standard InChI is InChI=1S/C15H26N2O/c1-16-10-15-14(8-9-18-15)12-17(2)11-13-6-4-3-5-7-13/h8-9,13,16H,3-7,10-12H2,1-2H3. The van der Waals surface area contributed by atoms with Gasteiger partial charge in [-0.3, -0.25) is 0 Å². The molecule has 2 rings (SSSR count). The number of hydrogen-bond acceptors (Lipinski definition) is 3. The van der Waals surface area contributed by atoms with Crippen LogP contribution in [-0.4, -0.2) is 25.5 Å². The van der Waals surface area contributed by atoms with Crippen molar-refractivity contribution < 1.29 is 4.42 Å². The first-order valence-corrected chi connectivity index (χ1v) is 7.18. The van der Waals surface area contributed by atoms with E-state index >= 15 is 0 Å². The van der Waals surface area contributed by atoms with Gasteiger partial charge in [0.15, 0.2) is 0 Å². The van der Waals surface area contributed by atoms with Crippen LogP contribution in [0.1, 0.15) is 43.4 Å². The lowest BCUT2D eigenvalue weighted by atomic mass is 9.89. The fourth-order valence-corrected chi connectivity index (χ4v) is 2.99. The molecule has 1 saturated carbocycles. The summed E-state index contributed by atoms with van der Waals surface area (Å²) in [5.41, 5.74) is 1.32. The molecule has 0 aliphatic heterocycles. The second-order valence-corrected chi connectivity index (χ2v) is 5.60. The van der Waals surface area contributed by atoms with E-state index in [1.807, 2.05) is 7.05 Å². The lowest BCUT2D eigenvalue weighted by molar-refractivity contribution is 0.227. The van der Waals surface area contributed by atoms with Crippen LogP contribution in [0.2, 0.25) is 0 Å². The van der Waals surface area contributed by atoms with Gasteiger partial charge in [0, 0.05) is 18.7 Å². The van der Waals surface area contributed by atoms with Crippen LogP contribution in [0.5, 0.6) is 0 Å². The smallest absolute Gasteiger partial charge is 0.122 e. The molecular weight excluding hydrogens is 224 g/mol. The van der Waals surface area contributed by atoms with Gasteiger partial charge in [0.2, 0.25) is 0 Å². The highest BCUT2D eigenvalue weighted by atomic mass is 16.3. The summed E-state index contributed by atoms with van der Waals surface area (Å²) in [5, 5.41) is 3.15. The maximum Gasteiger partial charge on any atom is 0.122 e. The largest absolute Gasteiger partial charge is 0.468 e. The molecule has 18 heavy (non-hydrogen) atoms. The second kappa shape index (κ2) is 6.95. The molecule has 0 aromatic carbocycles. The van der Waals surface area contributed by atoms with E-state index in [0.29, 0.717) is 0 Å². The van der Waals surface area contributed by atoms with E-state index < -0.39 is 0 Å². The van der Waals surface area contributed by atoms with Gasteiger partial charge in [-0.25, -0.2) is 0 Å². The highest BCUT2D eigenvalue weighted by molar-refractivity contribution is 5.16. The van der Waals surface area contributed by atoms with Crippen molar-refractivity contribution >= 4 is 0 Å². The Bertz CT molecular complexity index is 342. The van der Waals surface area contributed by atoms with Crippen LogP contribution in [0, 0.1) is 5.92 Å². The molecule has 1 N–H and O–H groups in total. The molecule has 0 saturated heterocycles. The average Bonchev–Trinajstić information content (AvgIpc) is 2.78. The fraction of sp³-hybridized carbons (Fsp3) is 0.733. The van der Waals surface area contributed by atoms with Gasteiger partial charge in [-0.1, -0.05) is 19.3 Å². The van der Waals surface area contributed by atoms with Crippen molar-refractivity contribution in [1.29, 1.82) is 0 Å². The Morgan fingerprint density at radius 3 is 2.83 bits per heavy atom. The summed E-state index contributed by atoms with van der Waals surface area (Å²) < 4.78 is 5.51. The van der Waals surface area contributed by atoms with Crippen molar-refractivity contribution in [1.82, 2.24) is 10.2 Å². The zero-order valence-electron chi connectivity index (χ0n) is 11.7. The molecule has 1 aliphatic rings. The maximum absolute atomic E-state index is 5.51. The van der Waals surface area contributed by atoms with E-state index in [9.17, 15) is 0 Å². The highest BCUT2D eigenvalue weighted by Gasteiger charge is 2.16. The zero-order valence-corrected chi connectivity index (χ0v) is 11.7. The van der Waals surface area contributed by atoms with Crippen LogP contribution in [0.4, 0.5) is 0 Å². The molecule has 0 bridgehead atoms. The first kappa shape index (κ1) is 13.6. The molecule has 1 aliphatic carbocycles. The summed E-state index contributed by atoms with van der Waals surface area (Å²) >= 11 is 0. The highest BCUT2D eigenvalue weighted by Crippen LogP contribution is 2.24. The Morgan fingerprint density at radius 2 is 2.11 bits per heavy atom. The van der Waals surface area contributed by atoms with Crippen LogP contribution in [0.25, 0.3) is 0 Å². The van der Waals surface area contributed by atoms with Gasteiger partial charge in [-0.2, -0.15) is 0 Å². The fourth-order valence-electron chi connectivity index (χ4n) is 2.99. The Morgan fingerprint density at radius 1 is 1.33 bits per heavy atom. The summed E-state index contributed by atoms with van der Waals surface area (Å²) in [4.78, 5) is 2.44. The Kier molecular flexibility index (Phi) is 5.26. The molecule has 0 unspecified atom stereocenters. The van der Waals surface area contributed by atoms with Crippen molar-refractivity contribution in [3.8, 4) is 0 Å². The van der Waals surface area contributed by atoms with E-state index in [1.54, 1.807) is 6.26 Å². The third-order valence-corrected chi connectivity index (χ3v) is 3.91. The molecule has 3 heteroatoms. The van der Waals surface area contributed by atoms with Crippen molar-refractivity contribution in [2.75, 3.05) is 20.6 Å². The number of hydrogen-bond donors (Lipinski definition) is 1. The molecule has 0 amide bonds. The summed E-state index contributed by atoms with van der Waals surface area (Å²) in [6.07, 6.45) is 8.92. The molecule has 3 nitrogen and oxygen atoms in total. The summed E-state index contributed by atoms with van der Waals surface area (Å²) in [6, 6.07) is 2.10. The van der Waals surface area contributed by atoms with Crippen LogP contribution in [-0.2, 0) is 13.1 Å². The Hall–Kier alpha value is -0.800. The van der Waals surface area contributed by atoms with E-state index in [-0.39, 0.29) is 0 Å². The van der Waals surface area contributed by atoms with E-state index in [1.165, 1.54) is 44.2 Å². The minimum atomic E-state index is 0.819. The number of nitrogens with one attached hydrogen (secondary N) is 1. The SMILES string of the molecule is CNCc1occc1CN(C)CC1CCCCC1. The average molecular weight is 250 g/mol. The van der Waals surface area contributed by atoms with Gasteiger partial charge < -0.3 is 14.6 Å². The number of nitrogens with zero attached hydrogens (tertiary/aromatic N) is 1. The van der Waals surface area contributed by atoms with Gasteiger partial charge in [-0.15, -0.1) is 0 Å². The van der Waals surface area contributed by atoms with Crippen LogP contribution < -0.4 is 5.32 Å². The zero-order chi connectivity index (χ0) is 12.8. The van der Waals surface area contributed by atoms with Crippen LogP contribution in [0.15, 0.2) is 16.7 Å². The van der Waals surface area contributed by atoms with Gasteiger partial charge in [0.25, 0.3) is 0 Å². The van der Waals surface area contributed by atoms with Crippen LogP contribution in [0.3, 0.4) is 0 Å². The van der Waals surface area contributed by atoms with Crippen molar-refractivity contribution in [3.05, 3.63) is 23.7 Å². The minimum absolute atomic E-state index is 0.819. The predicted molar refractivity (Wildman–Crippen MR) is 74.4 cm³/mol. The third kappa shape index (κ3) is 3.85. The molecule has 102 valence electrons. The normalized spacial score (nSPS) is 17.5. The van der Waals surface area contributed by atoms with Gasteiger partial charge >= 0.3 is 0 Å². The minimum Gasteiger partial charge on any atom is -0.468 e. The summed E-state index contributed by atoms with van der Waals surface area (Å²) in [7, 11) is 4.18. The Labute approximate surface area is 111 Å². The van der Waals surface area contributed by atoms with E-state index in [4.69, 9.17) is 4.42 Å². The van der Waals surface area contributed by atoms with Crippen molar-refractivity contribution in [3.63, 3.8) is 0 Å². The molecular formula is C15H26N2O. The first-order chi connectivity index (χ1) is 8.79.